The van der Waals surface area contributed by atoms with Crippen LogP contribution >= 0.6 is 0 Å². The Morgan fingerprint density at radius 2 is 2.42 bits per heavy atom. The van der Waals surface area contributed by atoms with E-state index in [1.54, 1.807) is 0 Å². The van der Waals surface area contributed by atoms with Crippen LogP contribution in [0.3, 0.4) is 0 Å². The van der Waals surface area contributed by atoms with Crippen LogP contribution in [-0.4, -0.2) is 17.6 Å². The average Bonchev–Trinajstić information content (AvgIpc) is 2.53. The van der Waals surface area contributed by atoms with E-state index in [2.05, 4.69) is 22.9 Å². The maximum atomic E-state index is 4.34. The predicted octanol–water partition coefficient (Wildman–Crippen LogP) is 2.07. The van der Waals surface area contributed by atoms with Crippen molar-refractivity contribution in [2.45, 2.75) is 25.8 Å². The maximum absolute atomic E-state index is 4.34. The van der Waals surface area contributed by atoms with Gasteiger partial charge in [0.05, 0.1) is 0 Å². The molecule has 1 fully saturated rings. The fourth-order valence-electron chi connectivity index (χ4n) is 1.80. The van der Waals surface area contributed by atoms with Gasteiger partial charge in [-0.15, -0.1) is 0 Å². The van der Waals surface area contributed by atoms with Gasteiger partial charge in [0.1, 0.15) is 5.82 Å². The molecule has 0 spiro atoms. The highest BCUT2D eigenvalue weighted by molar-refractivity contribution is 5.39. The molecule has 0 saturated carbocycles. The van der Waals surface area contributed by atoms with Gasteiger partial charge in [-0.05, 0) is 31.9 Å². The van der Waals surface area contributed by atoms with E-state index in [0.29, 0.717) is 6.04 Å². The summed E-state index contributed by atoms with van der Waals surface area (Å²) in [6.07, 6.45) is 4.47. The lowest BCUT2D eigenvalue weighted by Crippen LogP contribution is -2.26. The Kier molecular flexibility index (Phi) is 1.98. The molecule has 0 aromatic carbocycles. The number of pyridine rings is 1. The van der Waals surface area contributed by atoms with E-state index in [1.807, 2.05) is 18.3 Å². The fourth-order valence-corrected chi connectivity index (χ4v) is 1.80. The van der Waals surface area contributed by atoms with Gasteiger partial charge in [0.25, 0.3) is 0 Å². The fraction of sp³-hybridized carbons (Fsp3) is 0.500. The Bertz CT molecular complexity index is 245. The molecule has 1 atom stereocenters. The molecule has 2 heterocycles. The highest BCUT2D eigenvalue weighted by atomic mass is 15.2. The van der Waals surface area contributed by atoms with E-state index in [9.17, 15) is 0 Å². The van der Waals surface area contributed by atoms with Gasteiger partial charge in [0.2, 0.25) is 0 Å². The van der Waals surface area contributed by atoms with Crippen LogP contribution in [0.1, 0.15) is 19.8 Å². The normalized spacial score (nSPS) is 23.1. The van der Waals surface area contributed by atoms with Gasteiger partial charge in [-0.25, -0.2) is 4.98 Å². The lowest BCUT2D eigenvalue weighted by atomic mass is 10.2. The standard InChI is InChI=1S/C10H14N2/c1-9-5-4-8-12(9)10-6-2-3-7-11-10/h2-3,6-7,9H,4-5,8H2,1H3. The summed E-state index contributed by atoms with van der Waals surface area (Å²) in [6.45, 7) is 3.43. The van der Waals surface area contributed by atoms with Crippen LogP contribution < -0.4 is 4.90 Å². The second-order valence-corrected chi connectivity index (χ2v) is 3.37. The lowest BCUT2D eigenvalue weighted by molar-refractivity contribution is 0.727. The molecular formula is C10H14N2. The van der Waals surface area contributed by atoms with Crippen molar-refractivity contribution in [1.82, 2.24) is 4.98 Å². The summed E-state index contributed by atoms with van der Waals surface area (Å²) in [7, 11) is 0. The van der Waals surface area contributed by atoms with Crippen molar-refractivity contribution in [3.63, 3.8) is 0 Å². The highest BCUT2D eigenvalue weighted by Gasteiger charge is 2.20. The number of hydrogen-bond acceptors (Lipinski definition) is 2. The molecule has 0 bridgehead atoms. The molecule has 64 valence electrons. The van der Waals surface area contributed by atoms with E-state index in [0.717, 1.165) is 12.4 Å². The summed E-state index contributed by atoms with van der Waals surface area (Å²) in [5.74, 6) is 1.13. The molecule has 1 aromatic heterocycles. The van der Waals surface area contributed by atoms with Crippen molar-refractivity contribution >= 4 is 5.82 Å². The number of nitrogens with zero attached hydrogens (tertiary/aromatic N) is 2. The molecule has 1 aliphatic heterocycles. The van der Waals surface area contributed by atoms with Crippen LogP contribution in [0.15, 0.2) is 24.4 Å². The first kappa shape index (κ1) is 7.59. The van der Waals surface area contributed by atoms with Gasteiger partial charge in [0.15, 0.2) is 0 Å². The lowest BCUT2D eigenvalue weighted by Gasteiger charge is -2.21. The number of rotatable bonds is 1. The van der Waals surface area contributed by atoms with Crippen LogP contribution in [0, 0.1) is 0 Å². The van der Waals surface area contributed by atoms with Crippen molar-refractivity contribution in [2.75, 3.05) is 11.4 Å². The van der Waals surface area contributed by atoms with Gasteiger partial charge < -0.3 is 4.90 Å². The minimum absolute atomic E-state index is 0.667. The van der Waals surface area contributed by atoms with Crippen molar-refractivity contribution in [3.05, 3.63) is 24.4 Å². The Morgan fingerprint density at radius 1 is 1.50 bits per heavy atom. The molecular weight excluding hydrogens is 148 g/mol. The molecule has 0 N–H and O–H groups in total. The Balaban J connectivity index is 2.19. The quantitative estimate of drug-likeness (QED) is 0.628. The molecule has 2 nitrogen and oxygen atoms in total. The molecule has 12 heavy (non-hydrogen) atoms. The van der Waals surface area contributed by atoms with Gasteiger partial charge in [-0.2, -0.15) is 0 Å². The van der Waals surface area contributed by atoms with Gasteiger partial charge in [-0.1, -0.05) is 6.07 Å². The Labute approximate surface area is 73.2 Å². The van der Waals surface area contributed by atoms with Crippen molar-refractivity contribution < 1.29 is 0 Å². The summed E-state index contributed by atoms with van der Waals surface area (Å²) in [6, 6.07) is 6.76. The summed E-state index contributed by atoms with van der Waals surface area (Å²) in [5, 5.41) is 0. The van der Waals surface area contributed by atoms with Crippen LogP contribution in [0.4, 0.5) is 5.82 Å². The molecule has 1 aromatic rings. The van der Waals surface area contributed by atoms with E-state index >= 15 is 0 Å². The molecule has 1 aliphatic rings. The molecule has 0 amide bonds. The van der Waals surface area contributed by atoms with Crippen molar-refractivity contribution in [1.29, 1.82) is 0 Å². The van der Waals surface area contributed by atoms with Crippen LogP contribution in [-0.2, 0) is 0 Å². The largest absolute Gasteiger partial charge is 0.354 e. The first-order chi connectivity index (χ1) is 5.88. The first-order valence-electron chi connectivity index (χ1n) is 4.55. The third kappa shape index (κ3) is 1.29. The van der Waals surface area contributed by atoms with E-state index in [-0.39, 0.29) is 0 Å². The molecule has 1 saturated heterocycles. The minimum atomic E-state index is 0.667. The minimum Gasteiger partial charge on any atom is -0.354 e. The number of anilines is 1. The molecule has 2 rings (SSSR count). The third-order valence-corrected chi connectivity index (χ3v) is 2.50. The zero-order valence-corrected chi connectivity index (χ0v) is 7.40. The summed E-state index contributed by atoms with van der Waals surface area (Å²) in [5.41, 5.74) is 0. The number of aromatic nitrogens is 1. The highest BCUT2D eigenvalue weighted by Crippen LogP contribution is 2.22. The van der Waals surface area contributed by atoms with E-state index in [1.165, 1.54) is 12.8 Å². The Morgan fingerprint density at radius 3 is 3.00 bits per heavy atom. The number of hydrogen-bond donors (Lipinski definition) is 0. The second kappa shape index (κ2) is 3.13. The topological polar surface area (TPSA) is 16.1 Å². The van der Waals surface area contributed by atoms with Gasteiger partial charge in [-0.3, -0.25) is 0 Å². The average molecular weight is 162 g/mol. The van der Waals surface area contributed by atoms with Crippen molar-refractivity contribution in [2.24, 2.45) is 0 Å². The summed E-state index contributed by atoms with van der Waals surface area (Å²) >= 11 is 0. The van der Waals surface area contributed by atoms with E-state index < -0.39 is 0 Å². The van der Waals surface area contributed by atoms with E-state index in [4.69, 9.17) is 0 Å². The monoisotopic (exact) mass is 162 g/mol. The molecule has 1 unspecified atom stereocenters. The van der Waals surface area contributed by atoms with Gasteiger partial charge >= 0.3 is 0 Å². The molecule has 0 aliphatic carbocycles. The van der Waals surface area contributed by atoms with Crippen molar-refractivity contribution in [3.8, 4) is 0 Å². The zero-order valence-electron chi connectivity index (χ0n) is 7.40. The zero-order chi connectivity index (χ0) is 8.39. The third-order valence-electron chi connectivity index (χ3n) is 2.50. The summed E-state index contributed by atoms with van der Waals surface area (Å²) in [4.78, 5) is 6.71. The SMILES string of the molecule is CC1CCCN1c1ccccn1. The molecule has 0 radical (unpaired) electrons. The maximum Gasteiger partial charge on any atom is 0.128 e. The predicted molar refractivity (Wildman–Crippen MR) is 50.3 cm³/mol. The summed E-state index contributed by atoms with van der Waals surface area (Å²) < 4.78 is 0. The first-order valence-corrected chi connectivity index (χ1v) is 4.55. The second-order valence-electron chi connectivity index (χ2n) is 3.37. The smallest absolute Gasteiger partial charge is 0.128 e. The van der Waals surface area contributed by atoms with Crippen LogP contribution in [0.25, 0.3) is 0 Å². The van der Waals surface area contributed by atoms with Crippen LogP contribution in [0.2, 0.25) is 0 Å². The Hall–Kier alpha value is -1.05. The molecule has 2 heteroatoms. The van der Waals surface area contributed by atoms with Crippen LogP contribution in [0.5, 0.6) is 0 Å². The van der Waals surface area contributed by atoms with Gasteiger partial charge in [0, 0.05) is 18.8 Å².